The maximum atomic E-state index is 10.8. The Morgan fingerprint density at radius 3 is 2.46 bits per heavy atom. The van der Waals surface area contributed by atoms with Crippen molar-refractivity contribution in [2.45, 2.75) is 45.8 Å². The van der Waals surface area contributed by atoms with Crippen molar-refractivity contribution in [2.24, 2.45) is 11.8 Å². The fourth-order valence-electron chi connectivity index (χ4n) is 3.82. The minimum absolute atomic E-state index is 0.102. The topological polar surface area (TPSA) is 55.6 Å². The van der Waals surface area contributed by atoms with Gasteiger partial charge < -0.3 is 4.74 Å². The average Bonchev–Trinajstić information content (AvgIpc) is 2.62. The standard InChI is InChI=1S/C19H26N2O3/c1-3-15-13-18(16-7-9-17(10-8-16)21(22)23)24-19(14(15)2)20-11-5-4-6-12-20/h7-10,13-15,19H,3-6,11-12H2,1-2H3/t14-,15+,19-/m0/s1. The molecule has 0 bridgehead atoms. The van der Waals surface area contributed by atoms with Gasteiger partial charge in [0.1, 0.15) is 5.76 Å². The molecule has 1 aromatic carbocycles. The molecule has 5 nitrogen and oxygen atoms in total. The van der Waals surface area contributed by atoms with E-state index in [4.69, 9.17) is 4.74 Å². The molecule has 0 N–H and O–H groups in total. The molecule has 1 saturated heterocycles. The van der Waals surface area contributed by atoms with Crippen molar-refractivity contribution in [1.82, 2.24) is 4.90 Å². The summed E-state index contributed by atoms with van der Waals surface area (Å²) >= 11 is 0. The summed E-state index contributed by atoms with van der Waals surface area (Å²) in [5, 5.41) is 10.8. The van der Waals surface area contributed by atoms with Crippen molar-refractivity contribution in [1.29, 1.82) is 0 Å². The third-order valence-corrected chi connectivity index (χ3v) is 5.32. The highest BCUT2D eigenvalue weighted by molar-refractivity contribution is 5.62. The number of nitrogens with zero attached hydrogens (tertiary/aromatic N) is 2. The normalized spacial score (nSPS) is 28.1. The number of likely N-dealkylation sites (tertiary alicyclic amines) is 1. The van der Waals surface area contributed by atoms with Gasteiger partial charge in [0.2, 0.25) is 0 Å². The molecular formula is C19H26N2O3. The zero-order valence-electron chi connectivity index (χ0n) is 14.5. The Kier molecular flexibility index (Phi) is 5.19. The second-order valence-corrected chi connectivity index (χ2v) is 6.87. The SMILES string of the molecule is CC[C@@H]1C=C(c2ccc([N+](=O)[O-])cc2)O[C@H](N2CCCCC2)[C@H]1C. The zero-order chi connectivity index (χ0) is 17.1. The Hall–Kier alpha value is -1.88. The third kappa shape index (κ3) is 3.46. The first-order valence-electron chi connectivity index (χ1n) is 8.97. The summed E-state index contributed by atoms with van der Waals surface area (Å²) in [5.41, 5.74) is 1.04. The van der Waals surface area contributed by atoms with E-state index in [1.54, 1.807) is 24.3 Å². The Bertz CT molecular complexity index is 606. The number of piperidine rings is 1. The van der Waals surface area contributed by atoms with Crippen molar-refractivity contribution < 1.29 is 9.66 Å². The zero-order valence-corrected chi connectivity index (χ0v) is 14.5. The molecule has 0 aromatic heterocycles. The molecule has 0 radical (unpaired) electrons. The largest absolute Gasteiger partial charge is 0.475 e. The lowest BCUT2D eigenvalue weighted by molar-refractivity contribution is -0.384. The molecule has 0 saturated carbocycles. The number of nitro groups is 1. The first-order chi connectivity index (χ1) is 11.6. The second-order valence-electron chi connectivity index (χ2n) is 6.87. The van der Waals surface area contributed by atoms with Gasteiger partial charge in [0, 0.05) is 36.7 Å². The van der Waals surface area contributed by atoms with Crippen LogP contribution < -0.4 is 0 Å². The van der Waals surface area contributed by atoms with Gasteiger partial charge in [-0.25, -0.2) is 0 Å². The summed E-state index contributed by atoms with van der Waals surface area (Å²) in [6.07, 6.45) is 7.16. The first-order valence-corrected chi connectivity index (χ1v) is 8.97. The van der Waals surface area contributed by atoms with E-state index in [-0.39, 0.29) is 16.8 Å². The molecule has 3 atom stereocenters. The van der Waals surface area contributed by atoms with Crippen molar-refractivity contribution in [3.8, 4) is 0 Å². The van der Waals surface area contributed by atoms with Gasteiger partial charge >= 0.3 is 0 Å². The first kappa shape index (κ1) is 17.0. The molecule has 0 unspecified atom stereocenters. The summed E-state index contributed by atoms with van der Waals surface area (Å²) in [5.74, 6) is 1.79. The number of allylic oxidation sites excluding steroid dienone is 1. The molecule has 130 valence electrons. The lowest BCUT2D eigenvalue weighted by atomic mass is 9.85. The number of ether oxygens (including phenoxy) is 1. The van der Waals surface area contributed by atoms with Gasteiger partial charge in [-0.1, -0.05) is 20.3 Å². The lowest BCUT2D eigenvalue weighted by Crippen LogP contribution is -2.47. The van der Waals surface area contributed by atoms with E-state index in [2.05, 4.69) is 24.8 Å². The van der Waals surface area contributed by atoms with Crippen LogP contribution in [0, 0.1) is 22.0 Å². The molecule has 0 amide bonds. The van der Waals surface area contributed by atoms with Gasteiger partial charge in [0.15, 0.2) is 6.23 Å². The summed E-state index contributed by atoms with van der Waals surface area (Å²) in [6, 6.07) is 6.68. The van der Waals surface area contributed by atoms with Crippen LogP contribution in [0.4, 0.5) is 5.69 Å². The predicted molar refractivity (Wildman–Crippen MR) is 94.3 cm³/mol. The number of hydrogen-bond donors (Lipinski definition) is 0. The number of hydrogen-bond acceptors (Lipinski definition) is 4. The summed E-state index contributed by atoms with van der Waals surface area (Å²) < 4.78 is 6.37. The monoisotopic (exact) mass is 330 g/mol. The second kappa shape index (κ2) is 7.34. The van der Waals surface area contributed by atoms with E-state index in [1.165, 1.54) is 19.3 Å². The highest BCUT2D eigenvalue weighted by atomic mass is 16.6. The van der Waals surface area contributed by atoms with Crippen molar-refractivity contribution in [2.75, 3.05) is 13.1 Å². The van der Waals surface area contributed by atoms with E-state index in [0.717, 1.165) is 30.8 Å². The van der Waals surface area contributed by atoms with Crippen LogP contribution >= 0.6 is 0 Å². The van der Waals surface area contributed by atoms with E-state index in [0.29, 0.717) is 11.8 Å². The summed E-state index contributed by atoms with van der Waals surface area (Å²) in [4.78, 5) is 12.9. The van der Waals surface area contributed by atoms with Gasteiger partial charge in [-0.05, 0) is 43.4 Å². The van der Waals surface area contributed by atoms with Crippen LogP contribution in [-0.2, 0) is 4.74 Å². The van der Waals surface area contributed by atoms with Crippen LogP contribution in [-0.4, -0.2) is 29.1 Å². The van der Waals surface area contributed by atoms with Crippen LogP contribution in [0.1, 0.15) is 45.1 Å². The molecule has 0 spiro atoms. The molecule has 1 fully saturated rings. The van der Waals surface area contributed by atoms with Gasteiger partial charge in [0.05, 0.1) is 4.92 Å². The average molecular weight is 330 g/mol. The molecule has 24 heavy (non-hydrogen) atoms. The van der Waals surface area contributed by atoms with Crippen LogP contribution in [0.25, 0.3) is 5.76 Å². The van der Waals surface area contributed by atoms with Crippen LogP contribution in [0.3, 0.4) is 0 Å². The number of non-ortho nitro benzene ring substituents is 1. The van der Waals surface area contributed by atoms with E-state index >= 15 is 0 Å². The van der Waals surface area contributed by atoms with Crippen LogP contribution in [0.15, 0.2) is 30.3 Å². The molecule has 0 aliphatic carbocycles. The van der Waals surface area contributed by atoms with E-state index in [1.807, 2.05) is 0 Å². The fraction of sp³-hybridized carbons (Fsp3) is 0.579. The molecule has 2 aliphatic heterocycles. The molecule has 2 aliphatic rings. The number of benzene rings is 1. The molecule has 2 heterocycles. The van der Waals surface area contributed by atoms with E-state index in [9.17, 15) is 10.1 Å². The Labute approximate surface area is 143 Å². The summed E-state index contributed by atoms with van der Waals surface area (Å²) in [7, 11) is 0. The summed E-state index contributed by atoms with van der Waals surface area (Å²) in [6.45, 7) is 6.68. The minimum atomic E-state index is -0.368. The number of nitro benzene ring substituents is 1. The minimum Gasteiger partial charge on any atom is -0.475 e. The van der Waals surface area contributed by atoms with Crippen molar-refractivity contribution in [3.63, 3.8) is 0 Å². The quantitative estimate of drug-likeness (QED) is 0.605. The van der Waals surface area contributed by atoms with Crippen molar-refractivity contribution in [3.05, 3.63) is 46.0 Å². The van der Waals surface area contributed by atoms with Gasteiger partial charge in [-0.3, -0.25) is 15.0 Å². The highest BCUT2D eigenvalue weighted by Gasteiger charge is 2.35. The van der Waals surface area contributed by atoms with Gasteiger partial charge in [-0.2, -0.15) is 0 Å². The molecule has 3 rings (SSSR count). The van der Waals surface area contributed by atoms with Gasteiger partial charge in [-0.15, -0.1) is 0 Å². The van der Waals surface area contributed by atoms with Crippen LogP contribution in [0.5, 0.6) is 0 Å². The highest BCUT2D eigenvalue weighted by Crippen LogP contribution is 2.37. The Morgan fingerprint density at radius 1 is 1.21 bits per heavy atom. The molecule has 1 aromatic rings. The smallest absolute Gasteiger partial charge is 0.269 e. The molecular weight excluding hydrogens is 304 g/mol. The van der Waals surface area contributed by atoms with Crippen LogP contribution in [0.2, 0.25) is 0 Å². The fourth-order valence-corrected chi connectivity index (χ4v) is 3.82. The van der Waals surface area contributed by atoms with E-state index < -0.39 is 0 Å². The van der Waals surface area contributed by atoms with Crippen molar-refractivity contribution >= 4 is 11.4 Å². The Morgan fingerprint density at radius 2 is 1.88 bits per heavy atom. The number of rotatable bonds is 4. The van der Waals surface area contributed by atoms with Gasteiger partial charge in [0.25, 0.3) is 5.69 Å². The predicted octanol–water partition coefficient (Wildman–Crippen LogP) is 4.44. The third-order valence-electron chi connectivity index (χ3n) is 5.32. The molecule has 5 heteroatoms. The Balaban J connectivity index is 1.84. The maximum absolute atomic E-state index is 10.8. The maximum Gasteiger partial charge on any atom is 0.269 e. The lowest BCUT2D eigenvalue weighted by Gasteiger charge is -2.43.